The van der Waals surface area contributed by atoms with Gasteiger partial charge in [0.05, 0.1) is 4.90 Å². The van der Waals surface area contributed by atoms with Crippen molar-refractivity contribution >= 4 is 20.2 Å². The van der Waals surface area contributed by atoms with Crippen LogP contribution in [0.2, 0.25) is 0 Å². The Morgan fingerprint density at radius 1 is 1.04 bits per heavy atom. The lowest BCUT2D eigenvalue weighted by molar-refractivity contribution is 0.0871. The Labute approximate surface area is 147 Å². The molecule has 25 heavy (non-hydrogen) atoms. The van der Waals surface area contributed by atoms with Crippen LogP contribution in [0.4, 0.5) is 0 Å². The summed E-state index contributed by atoms with van der Waals surface area (Å²) in [7, 11) is -9.50. The average Bonchev–Trinajstić information content (AvgIpc) is 2.44. The second kappa shape index (κ2) is 6.03. The third-order valence-electron chi connectivity index (χ3n) is 4.03. The van der Waals surface area contributed by atoms with Gasteiger partial charge in [0, 0.05) is 12.0 Å². The average molecular weight is 388 g/mol. The number of allylic oxidation sites excluding steroid dienone is 2. The number of rotatable bonds is 3. The molecule has 9 heteroatoms. The van der Waals surface area contributed by atoms with E-state index in [9.17, 15) is 26.5 Å². The fourth-order valence-electron chi connectivity index (χ4n) is 2.62. The molecule has 1 aliphatic carbocycles. The highest BCUT2D eigenvalue weighted by molar-refractivity contribution is 7.86. The predicted octanol–water partition coefficient (Wildman–Crippen LogP) is 2.30. The Morgan fingerprint density at radius 3 is 2.04 bits per heavy atom. The van der Waals surface area contributed by atoms with Crippen molar-refractivity contribution in [3.63, 3.8) is 0 Å². The molecule has 1 aromatic rings. The van der Waals surface area contributed by atoms with Crippen LogP contribution in [0.1, 0.15) is 32.8 Å². The molecule has 3 N–H and O–H groups in total. The minimum atomic E-state index is -4.84. The van der Waals surface area contributed by atoms with E-state index in [4.69, 9.17) is 4.55 Å². The zero-order valence-corrected chi connectivity index (χ0v) is 15.6. The highest BCUT2D eigenvalue weighted by Crippen LogP contribution is 2.39. The Morgan fingerprint density at radius 2 is 1.64 bits per heavy atom. The van der Waals surface area contributed by atoms with Gasteiger partial charge in [-0.25, -0.2) is 0 Å². The molecule has 0 aromatic heterocycles. The molecule has 0 radical (unpaired) electrons. The molecule has 1 aromatic carbocycles. The van der Waals surface area contributed by atoms with E-state index in [0.717, 1.165) is 17.7 Å². The van der Waals surface area contributed by atoms with E-state index in [-0.39, 0.29) is 17.4 Å². The van der Waals surface area contributed by atoms with Gasteiger partial charge in [0.2, 0.25) is 0 Å². The van der Waals surface area contributed by atoms with Crippen molar-refractivity contribution in [1.82, 2.24) is 0 Å². The molecule has 0 saturated carbocycles. The maximum Gasteiger partial charge on any atom is 0.294 e. The molecule has 0 aliphatic heterocycles. The lowest BCUT2D eigenvalue weighted by Crippen LogP contribution is -2.28. The van der Waals surface area contributed by atoms with Gasteiger partial charge in [0.25, 0.3) is 20.2 Å². The highest BCUT2D eigenvalue weighted by Gasteiger charge is 2.35. The Bertz CT molecular complexity index is 964. The van der Waals surface area contributed by atoms with Gasteiger partial charge in [-0.2, -0.15) is 16.8 Å². The summed E-state index contributed by atoms with van der Waals surface area (Å²) in [4.78, 5) is -1.47. The molecular formula is C16H20O7S2. The van der Waals surface area contributed by atoms with Crippen LogP contribution in [0, 0.1) is 5.41 Å². The fourth-order valence-corrected chi connectivity index (χ4v) is 4.00. The second-order valence-electron chi connectivity index (χ2n) is 6.98. The maximum absolute atomic E-state index is 11.7. The van der Waals surface area contributed by atoms with Gasteiger partial charge in [-0.1, -0.05) is 39.0 Å². The third-order valence-corrected chi connectivity index (χ3v) is 5.78. The molecule has 0 heterocycles. The van der Waals surface area contributed by atoms with Crippen LogP contribution >= 0.6 is 0 Å². The van der Waals surface area contributed by atoms with Crippen molar-refractivity contribution in [3.8, 4) is 0 Å². The number of benzene rings is 1. The van der Waals surface area contributed by atoms with E-state index in [1.54, 1.807) is 12.2 Å². The van der Waals surface area contributed by atoms with Crippen molar-refractivity contribution in [2.75, 3.05) is 0 Å². The normalized spacial score (nSPS) is 21.9. The smallest absolute Gasteiger partial charge is 0.294 e. The summed E-state index contributed by atoms with van der Waals surface area (Å²) >= 11 is 0. The van der Waals surface area contributed by atoms with E-state index in [0.29, 0.717) is 6.07 Å². The first-order valence-corrected chi connectivity index (χ1v) is 10.2. The Balaban J connectivity index is 2.61. The van der Waals surface area contributed by atoms with Crippen molar-refractivity contribution in [1.29, 1.82) is 0 Å². The molecule has 138 valence electrons. The quantitative estimate of drug-likeness (QED) is 0.678. The summed E-state index contributed by atoms with van der Waals surface area (Å²) in [6, 6.07) is 2.65. The van der Waals surface area contributed by atoms with Crippen molar-refractivity contribution in [2.45, 2.75) is 42.6 Å². The van der Waals surface area contributed by atoms with Gasteiger partial charge in [-0.3, -0.25) is 9.11 Å². The first kappa shape index (κ1) is 19.8. The van der Waals surface area contributed by atoms with Crippen molar-refractivity contribution < 1.29 is 31.0 Å². The van der Waals surface area contributed by atoms with Crippen molar-refractivity contribution in [2.24, 2.45) is 5.41 Å². The van der Waals surface area contributed by atoms with Crippen LogP contribution in [0.15, 0.2) is 51.8 Å². The van der Waals surface area contributed by atoms with Gasteiger partial charge in [0.15, 0.2) is 0 Å². The molecule has 2 rings (SSSR count). The first-order valence-electron chi connectivity index (χ1n) is 7.36. The van der Waals surface area contributed by atoms with Gasteiger partial charge in [-0.05, 0) is 29.2 Å². The van der Waals surface area contributed by atoms with Crippen LogP contribution in [0.3, 0.4) is 0 Å². The molecular weight excluding hydrogens is 368 g/mol. The van der Waals surface area contributed by atoms with E-state index in [1.807, 2.05) is 20.8 Å². The second-order valence-corrected chi connectivity index (χ2v) is 9.79. The SMILES string of the molecule is CC(C)(C)C1=CCC(O)(c2ccc(S(=O)(=O)O)cc2S(=O)(=O)O)C=C1. The summed E-state index contributed by atoms with van der Waals surface area (Å²) < 4.78 is 64.3. The number of hydrogen-bond acceptors (Lipinski definition) is 5. The standard InChI is InChI=1S/C16H20O7S2/c1-15(2,3)11-6-8-16(17,9-7-11)13-5-4-12(24(18,19)20)10-14(13)25(21,22)23/h4-8,10,17H,9H2,1-3H3,(H,18,19,20)(H,21,22,23). The van der Waals surface area contributed by atoms with E-state index >= 15 is 0 Å². The van der Waals surface area contributed by atoms with Gasteiger partial charge in [0.1, 0.15) is 10.5 Å². The molecule has 1 atom stereocenters. The van der Waals surface area contributed by atoms with Crippen LogP contribution in [-0.2, 0) is 25.8 Å². The molecule has 0 amide bonds. The topological polar surface area (TPSA) is 129 Å². The molecule has 1 unspecified atom stereocenters. The minimum Gasteiger partial charge on any atom is -0.381 e. The van der Waals surface area contributed by atoms with E-state index < -0.39 is 35.6 Å². The summed E-state index contributed by atoms with van der Waals surface area (Å²) in [5.74, 6) is 0. The summed E-state index contributed by atoms with van der Waals surface area (Å²) in [6.07, 6.45) is 4.87. The monoisotopic (exact) mass is 388 g/mol. The van der Waals surface area contributed by atoms with Crippen LogP contribution in [-0.4, -0.2) is 31.0 Å². The summed E-state index contributed by atoms with van der Waals surface area (Å²) in [6.45, 7) is 5.95. The lowest BCUT2D eigenvalue weighted by atomic mass is 9.78. The van der Waals surface area contributed by atoms with Crippen LogP contribution in [0.5, 0.6) is 0 Å². The predicted molar refractivity (Wildman–Crippen MR) is 91.3 cm³/mol. The molecule has 7 nitrogen and oxygen atoms in total. The largest absolute Gasteiger partial charge is 0.381 e. The first-order chi connectivity index (χ1) is 11.1. The van der Waals surface area contributed by atoms with Gasteiger partial charge >= 0.3 is 0 Å². The zero-order valence-electron chi connectivity index (χ0n) is 14.0. The van der Waals surface area contributed by atoms with Crippen molar-refractivity contribution in [3.05, 3.63) is 47.6 Å². The number of hydrogen-bond donors (Lipinski definition) is 3. The van der Waals surface area contributed by atoms with Crippen LogP contribution in [0.25, 0.3) is 0 Å². The van der Waals surface area contributed by atoms with Crippen LogP contribution < -0.4 is 0 Å². The maximum atomic E-state index is 11.7. The molecule has 0 saturated heterocycles. The molecule has 0 fully saturated rings. The lowest BCUT2D eigenvalue weighted by Gasteiger charge is -2.32. The number of aliphatic hydroxyl groups is 1. The molecule has 0 bridgehead atoms. The summed E-state index contributed by atoms with van der Waals surface area (Å²) in [5, 5.41) is 10.8. The fraction of sp³-hybridized carbons (Fsp3) is 0.375. The molecule has 1 aliphatic rings. The Hall–Kier alpha value is -1.52. The van der Waals surface area contributed by atoms with Gasteiger partial charge in [-0.15, -0.1) is 0 Å². The van der Waals surface area contributed by atoms with E-state index in [2.05, 4.69) is 0 Å². The third kappa shape index (κ3) is 4.18. The Kier molecular flexibility index (Phi) is 4.77. The zero-order chi connectivity index (χ0) is 19.3. The highest BCUT2D eigenvalue weighted by atomic mass is 32.2. The minimum absolute atomic E-state index is 0.0455. The van der Waals surface area contributed by atoms with E-state index in [1.165, 1.54) is 6.08 Å². The summed E-state index contributed by atoms with van der Waals surface area (Å²) in [5.41, 5.74) is -1.14. The molecule has 0 spiro atoms. The van der Waals surface area contributed by atoms with Gasteiger partial charge < -0.3 is 5.11 Å².